The van der Waals surface area contributed by atoms with Gasteiger partial charge in [0.05, 0.1) is 12.5 Å². The van der Waals surface area contributed by atoms with Gasteiger partial charge in [0.15, 0.2) is 12.4 Å². The number of benzene rings is 2. The molecule has 2 aromatic rings. The number of ether oxygens (including phenoxy) is 1. The molecule has 0 aromatic heterocycles. The SMILES string of the molecule is CC(=O)[C@@H](Cc1ccccc1)NC(=O)COC(=O)Cc1ccccc1Cl. The highest BCUT2D eigenvalue weighted by Gasteiger charge is 2.18. The number of amides is 1. The van der Waals surface area contributed by atoms with Gasteiger partial charge in [0.2, 0.25) is 0 Å². The molecule has 0 unspecified atom stereocenters. The van der Waals surface area contributed by atoms with Crippen molar-refractivity contribution < 1.29 is 19.1 Å². The smallest absolute Gasteiger partial charge is 0.310 e. The Morgan fingerprint density at radius 3 is 2.35 bits per heavy atom. The normalized spacial score (nSPS) is 11.5. The van der Waals surface area contributed by atoms with Crippen LogP contribution >= 0.6 is 11.6 Å². The average Bonchev–Trinajstić information content (AvgIpc) is 2.62. The molecule has 2 rings (SSSR count). The summed E-state index contributed by atoms with van der Waals surface area (Å²) in [6.07, 6.45) is 0.364. The first-order valence-corrected chi connectivity index (χ1v) is 8.56. The first-order valence-electron chi connectivity index (χ1n) is 8.18. The largest absolute Gasteiger partial charge is 0.455 e. The number of hydrogen-bond acceptors (Lipinski definition) is 4. The zero-order valence-corrected chi connectivity index (χ0v) is 15.2. The zero-order chi connectivity index (χ0) is 18.9. The minimum Gasteiger partial charge on any atom is -0.455 e. The van der Waals surface area contributed by atoms with Gasteiger partial charge in [0.1, 0.15) is 0 Å². The summed E-state index contributed by atoms with van der Waals surface area (Å²) in [5.74, 6) is -1.24. The minimum atomic E-state index is -0.660. The number of Topliss-reactive ketones (excluding diaryl/α,β-unsaturated/α-hetero) is 1. The summed E-state index contributed by atoms with van der Waals surface area (Å²) in [5.41, 5.74) is 1.56. The predicted octanol–water partition coefficient (Wildman–Crippen LogP) is 2.74. The van der Waals surface area contributed by atoms with E-state index in [2.05, 4.69) is 5.32 Å². The second-order valence-electron chi connectivity index (χ2n) is 5.85. The van der Waals surface area contributed by atoms with Crippen LogP contribution in [-0.4, -0.2) is 30.3 Å². The summed E-state index contributed by atoms with van der Waals surface area (Å²) >= 11 is 5.99. The number of ketones is 1. The Morgan fingerprint density at radius 2 is 1.69 bits per heavy atom. The van der Waals surface area contributed by atoms with Gasteiger partial charge in [-0.05, 0) is 30.5 Å². The first-order chi connectivity index (χ1) is 12.5. The molecule has 5 nitrogen and oxygen atoms in total. The number of hydrogen-bond donors (Lipinski definition) is 1. The molecule has 1 amide bonds. The first kappa shape index (κ1) is 19.7. The lowest BCUT2D eigenvalue weighted by molar-refractivity contribution is -0.148. The topological polar surface area (TPSA) is 72.5 Å². The molecule has 0 aliphatic carbocycles. The Kier molecular flexibility index (Phi) is 7.36. The number of rotatable bonds is 8. The molecule has 1 atom stereocenters. The quantitative estimate of drug-likeness (QED) is 0.722. The minimum absolute atomic E-state index is 0.0207. The number of carbonyl (C=O) groups is 3. The Labute approximate surface area is 157 Å². The Bertz CT molecular complexity index is 776. The molecule has 0 radical (unpaired) electrons. The third-order valence-electron chi connectivity index (χ3n) is 3.77. The highest BCUT2D eigenvalue weighted by Crippen LogP contribution is 2.15. The number of halogens is 1. The van der Waals surface area contributed by atoms with Gasteiger partial charge in [-0.15, -0.1) is 0 Å². The molecular weight excluding hydrogens is 354 g/mol. The average molecular weight is 374 g/mol. The molecule has 0 saturated carbocycles. The molecule has 0 aliphatic rings. The third kappa shape index (κ3) is 6.33. The molecule has 0 spiro atoms. The second kappa shape index (κ2) is 9.73. The third-order valence-corrected chi connectivity index (χ3v) is 4.13. The van der Waals surface area contributed by atoms with Gasteiger partial charge < -0.3 is 10.1 Å². The van der Waals surface area contributed by atoms with E-state index in [4.69, 9.17) is 16.3 Å². The molecule has 6 heteroatoms. The van der Waals surface area contributed by atoms with Crippen molar-refractivity contribution in [3.8, 4) is 0 Å². The maximum atomic E-state index is 12.0. The molecule has 1 N–H and O–H groups in total. The summed E-state index contributed by atoms with van der Waals surface area (Å²) in [5, 5.41) is 3.07. The van der Waals surface area contributed by atoms with Gasteiger partial charge >= 0.3 is 5.97 Å². The lowest BCUT2D eigenvalue weighted by Gasteiger charge is -2.16. The summed E-state index contributed by atoms with van der Waals surface area (Å²) in [6, 6.07) is 15.6. The standard InChI is InChI=1S/C20H20ClNO4/c1-14(23)18(11-15-7-3-2-4-8-15)22-19(24)13-26-20(25)12-16-9-5-6-10-17(16)21/h2-10,18H,11-13H2,1H3,(H,22,24)/t18-/m1/s1. The molecule has 0 heterocycles. The highest BCUT2D eigenvalue weighted by molar-refractivity contribution is 6.31. The lowest BCUT2D eigenvalue weighted by atomic mass is 10.0. The van der Waals surface area contributed by atoms with Gasteiger partial charge in [-0.3, -0.25) is 14.4 Å². The van der Waals surface area contributed by atoms with Crippen LogP contribution in [-0.2, 0) is 32.0 Å². The molecule has 2 aromatic carbocycles. The van der Waals surface area contributed by atoms with Crippen LogP contribution in [0.25, 0.3) is 0 Å². The Morgan fingerprint density at radius 1 is 1.04 bits per heavy atom. The van der Waals surface area contributed by atoms with Crippen molar-refractivity contribution in [2.24, 2.45) is 0 Å². The molecule has 26 heavy (non-hydrogen) atoms. The fraction of sp³-hybridized carbons (Fsp3) is 0.250. The fourth-order valence-electron chi connectivity index (χ4n) is 2.38. The molecule has 0 saturated heterocycles. The summed E-state index contributed by atoms with van der Waals surface area (Å²) in [7, 11) is 0. The molecular formula is C20H20ClNO4. The van der Waals surface area contributed by atoms with Crippen LogP contribution in [0.4, 0.5) is 0 Å². The van der Waals surface area contributed by atoms with Crippen LogP contribution in [0.1, 0.15) is 18.1 Å². The Balaban J connectivity index is 1.83. The van der Waals surface area contributed by atoms with E-state index in [0.29, 0.717) is 17.0 Å². The summed E-state index contributed by atoms with van der Waals surface area (Å²) < 4.78 is 4.97. The van der Waals surface area contributed by atoms with Crippen molar-refractivity contribution in [3.63, 3.8) is 0 Å². The van der Waals surface area contributed by atoms with Crippen molar-refractivity contribution >= 4 is 29.3 Å². The Hall–Kier alpha value is -2.66. The van der Waals surface area contributed by atoms with Crippen molar-refractivity contribution in [1.29, 1.82) is 0 Å². The van der Waals surface area contributed by atoms with Crippen LogP contribution in [0.15, 0.2) is 54.6 Å². The number of carbonyl (C=O) groups excluding carboxylic acids is 3. The van der Waals surface area contributed by atoms with Crippen LogP contribution in [0.5, 0.6) is 0 Å². The monoisotopic (exact) mass is 373 g/mol. The molecule has 0 fully saturated rings. The predicted molar refractivity (Wildman–Crippen MR) is 98.9 cm³/mol. The number of esters is 1. The van der Waals surface area contributed by atoms with E-state index >= 15 is 0 Å². The van der Waals surface area contributed by atoms with E-state index in [0.717, 1.165) is 5.56 Å². The maximum absolute atomic E-state index is 12.0. The van der Waals surface area contributed by atoms with E-state index < -0.39 is 24.5 Å². The van der Waals surface area contributed by atoms with Crippen LogP contribution in [0.2, 0.25) is 5.02 Å². The van der Waals surface area contributed by atoms with E-state index in [-0.39, 0.29) is 12.2 Å². The summed E-state index contributed by atoms with van der Waals surface area (Å²) in [4.78, 5) is 35.6. The van der Waals surface area contributed by atoms with Gasteiger partial charge in [-0.1, -0.05) is 60.1 Å². The van der Waals surface area contributed by atoms with Gasteiger partial charge in [0.25, 0.3) is 5.91 Å². The molecule has 0 aliphatic heterocycles. The summed E-state index contributed by atoms with van der Waals surface area (Å²) in [6.45, 7) is 0.971. The van der Waals surface area contributed by atoms with Crippen molar-refractivity contribution in [1.82, 2.24) is 5.32 Å². The van der Waals surface area contributed by atoms with E-state index in [1.807, 2.05) is 30.3 Å². The van der Waals surface area contributed by atoms with E-state index in [1.165, 1.54) is 6.92 Å². The lowest BCUT2D eigenvalue weighted by Crippen LogP contribution is -2.43. The highest BCUT2D eigenvalue weighted by atomic mass is 35.5. The van der Waals surface area contributed by atoms with Crippen molar-refractivity contribution in [2.45, 2.75) is 25.8 Å². The number of nitrogens with one attached hydrogen (secondary N) is 1. The van der Waals surface area contributed by atoms with Crippen LogP contribution < -0.4 is 5.32 Å². The molecule has 0 bridgehead atoms. The van der Waals surface area contributed by atoms with Gasteiger partial charge in [-0.2, -0.15) is 0 Å². The fourth-order valence-corrected chi connectivity index (χ4v) is 2.58. The van der Waals surface area contributed by atoms with Crippen molar-refractivity contribution in [2.75, 3.05) is 6.61 Å². The van der Waals surface area contributed by atoms with Gasteiger partial charge in [-0.25, -0.2) is 0 Å². The van der Waals surface area contributed by atoms with Gasteiger partial charge in [0, 0.05) is 5.02 Å². The second-order valence-corrected chi connectivity index (χ2v) is 6.26. The van der Waals surface area contributed by atoms with E-state index in [1.54, 1.807) is 24.3 Å². The maximum Gasteiger partial charge on any atom is 0.310 e. The zero-order valence-electron chi connectivity index (χ0n) is 14.4. The van der Waals surface area contributed by atoms with Crippen molar-refractivity contribution in [3.05, 3.63) is 70.7 Å². The molecule has 136 valence electrons. The van der Waals surface area contributed by atoms with E-state index in [9.17, 15) is 14.4 Å². The van der Waals surface area contributed by atoms with Crippen LogP contribution in [0, 0.1) is 0 Å². The van der Waals surface area contributed by atoms with Crippen LogP contribution in [0.3, 0.4) is 0 Å².